The van der Waals surface area contributed by atoms with Crippen LogP contribution in [-0.2, 0) is 20.6 Å². The van der Waals surface area contributed by atoms with Crippen molar-refractivity contribution in [2.45, 2.75) is 97.2 Å². The van der Waals surface area contributed by atoms with Crippen LogP contribution in [0.15, 0.2) is 102 Å². The number of hydrogen-bond donors (Lipinski definition) is 3. The van der Waals surface area contributed by atoms with Gasteiger partial charge in [0.15, 0.2) is 11.4 Å². The number of aliphatic hydroxyl groups is 2. The Labute approximate surface area is 346 Å². The molecule has 2 aromatic rings. The summed E-state index contributed by atoms with van der Waals surface area (Å²) in [4.78, 5) is 35.9. The number of hydrogen-bond acceptors (Lipinski definition) is 12. The minimum atomic E-state index is -0.864. The third-order valence-electron chi connectivity index (χ3n) is 10.4. The summed E-state index contributed by atoms with van der Waals surface area (Å²) < 4.78 is 17.8. The number of nitrogens with zero attached hydrogens (tertiary/aromatic N) is 2. The normalized spacial score (nSPS) is 27.7. The zero-order chi connectivity index (χ0) is 41.4. The third kappa shape index (κ3) is 13.8. The number of carbonyl (C=O) groups is 2. The van der Waals surface area contributed by atoms with Gasteiger partial charge in [-0.25, -0.2) is 19.6 Å². The lowest BCUT2D eigenvalue weighted by atomic mass is 9.78. The molecule has 10 nitrogen and oxygen atoms in total. The second-order valence-corrected chi connectivity index (χ2v) is 17.3. The first-order valence-corrected chi connectivity index (χ1v) is 21.3. The molecular formula is C45H59N3O7S2. The number of allylic oxidation sites excluding steroid dienone is 9. The van der Waals surface area contributed by atoms with Crippen LogP contribution in [0.1, 0.15) is 91.3 Å². The Morgan fingerprint density at radius 2 is 1.46 bits per heavy atom. The lowest BCUT2D eigenvalue weighted by molar-refractivity contribution is -0.0461. The molecule has 1 saturated carbocycles. The minimum Gasteiger partial charge on any atom is -0.457 e. The predicted molar refractivity (Wildman–Crippen MR) is 230 cm³/mol. The summed E-state index contributed by atoms with van der Waals surface area (Å²) in [5, 5.41) is 26.9. The Kier molecular flexibility index (Phi) is 17.8. The molecule has 4 rings (SSSR count). The molecule has 4 N–H and O–H groups in total. The van der Waals surface area contributed by atoms with Crippen LogP contribution in [-0.4, -0.2) is 76.3 Å². The Balaban J connectivity index is 1.58. The van der Waals surface area contributed by atoms with Gasteiger partial charge in [0.05, 0.1) is 23.3 Å². The summed E-state index contributed by atoms with van der Waals surface area (Å²) in [5.74, 6) is -0.358. The number of esters is 2. The number of aliphatic hydroxyl groups excluding tert-OH is 2. The Morgan fingerprint density at radius 3 is 2.14 bits per heavy atom. The van der Waals surface area contributed by atoms with E-state index in [1.807, 2.05) is 101 Å². The van der Waals surface area contributed by atoms with Crippen molar-refractivity contribution in [1.82, 2.24) is 9.97 Å². The largest absolute Gasteiger partial charge is 0.457 e. The van der Waals surface area contributed by atoms with Gasteiger partial charge in [-0.2, -0.15) is 0 Å². The monoisotopic (exact) mass is 817 g/mol. The molecule has 0 radical (unpaired) electrons. The van der Waals surface area contributed by atoms with E-state index in [2.05, 4.69) is 22.1 Å². The number of rotatable bonds is 9. The first kappa shape index (κ1) is 45.7. The molecule has 3 heterocycles. The average molecular weight is 818 g/mol. The van der Waals surface area contributed by atoms with Crippen LogP contribution in [0.25, 0.3) is 6.08 Å². The molecule has 2 aliphatic rings. The van der Waals surface area contributed by atoms with Gasteiger partial charge in [-0.3, -0.25) is 0 Å². The number of aromatic nitrogens is 2. The quantitative estimate of drug-likeness (QED) is 0.166. The average Bonchev–Trinajstić information content (AvgIpc) is 3.50. The molecule has 7 atom stereocenters. The van der Waals surface area contributed by atoms with Crippen molar-refractivity contribution in [3.63, 3.8) is 0 Å². The minimum absolute atomic E-state index is 0.219. The molecule has 0 saturated heterocycles. The lowest BCUT2D eigenvalue weighted by Crippen LogP contribution is -2.42. The summed E-state index contributed by atoms with van der Waals surface area (Å²) in [6, 6.07) is 0. The summed E-state index contributed by atoms with van der Waals surface area (Å²) in [6.45, 7) is 9.86. The Bertz CT molecular complexity index is 1850. The summed E-state index contributed by atoms with van der Waals surface area (Å²) >= 11 is 2.72. The van der Waals surface area contributed by atoms with Gasteiger partial charge in [0.2, 0.25) is 0 Å². The number of nitrogens with two attached hydrogens (primary N) is 1. The molecule has 1 aliphatic heterocycles. The van der Waals surface area contributed by atoms with Crippen molar-refractivity contribution in [1.29, 1.82) is 0 Å². The number of carbonyl (C=O) groups excluding carboxylic acids is 2. The zero-order valence-electron chi connectivity index (χ0n) is 33.9. The van der Waals surface area contributed by atoms with Crippen LogP contribution in [0, 0.1) is 22.7 Å². The number of cyclic esters (lactones) is 2. The maximum Gasteiger partial charge on any atom is 0.358 e. The highest BCUT2D eigenvalue weighted by Gasteiger charge is 2.39. The van der Waals surface area contributed by atoms with Gasteiger partial charge in [0.1, 0.15) is 17.2 Å². The van der Waals surface area contributed by atoms with Gasteiger partial charge in [-0.15, -0.1) is 22.7 Å². The van der Waals surface area contributed by atoms with E-state index in [1.54, 1.807) is 36.1 Å². The fraction of sp³-hybridized carbons (Fsp3) is 0.467. The van der Waals surface area contributed by atoms with Gasteiger partial charge in [0, 0.05) is 48.0 Å². The summed E-state index contributed by atoms with van der Waals surface area (Å²) in [5.41, 5.74) is 4.51. The Morgan fingerprint density at radius 1 is 0.842 bits per heavy atom. The number of fused-ring (bicyclic) bond motifs is 5. The van der Waals surface area contributed by atoms with Crippen molar-refractivity contribution in [3.05, 3.63) is 123 Å². The van der Waals surface area contributed by atoms with Crippen molar-refractivity contribution < 1.29 is 34.0 Å². The number of methoxy groups -OCH3 is 1. The van der Waals surface area contributed by atoms with Crippen LogP contribution in [0.5, 0.6) is 0 Å². The van der Waals surface area contributed by atoms with Crippen LogP contribution < -0.4 is 5.73 Å². The highest BCUT2D eigenvalue weighted by atomic mass is 32.1. The van der Waals surface area contributed by atoms with Gasteiger partial charge in [0.25, 0.3) is 0 Å². The smallest absolute Gasteiger partial charge is 0.358 e. The van der Waals surface area contributed by atoms with E-state index in [4.69, 9.17) is 19.9 Å². The molecule has 57 heavy (non-hydrogen) atoms. The van der Waals surface area contributed by atoms with Crippen LogP contribution in [0.2, 0.25) is 0 Å². The van der Waals surface area contributed by atoms with Crippen molar-refractivity contribution in [2.24, 2.45) is 28.4 Å². The maximum absolute atomic E-state index is 13.5. The number of thiazole rings is 2. The third-order valence-corrected chi connectivity index (χ3v) is 12.0. The molecule has 0 amide bonds. The van der Waals surface area contributed by atoms with E-state index in [0.29, 0.717) is 49.1 Å². The fourth-order valence-electron chi connectivity index (χ4n) is 6.12. The van der Waals surface area contributed by atoms with Gasteiger partial charge < -0.3 is 30.2 Å². The Hall–Kier alpha value is -4.04. The second kappa shape index (κ2) is 22.2. The van der Waals surface area contributed by atoms with Crippen LogP contribution >= 0.6 is 22.7 Å². The first-order chi connectivity index (χ1) is 27.3. The first-order valence-electron chi connectivity index (χ1n) is 19.5. The fourth-order valence-corrected chi connectivity index (χ4v) is 7.62. The number of ether oxygens (including phenoxy) is 3. The van der Waals surface area contributed by atoms with E-state index in [-0.39, 0.29) is 17.5 Å². The van der Waals surface area contributed by atoms with E-state index in [1.165, 1.54) is 22.7 Å². The SMILES string of the molecule is C/C=C/[C@H](O)C(C)(C)[C@@H]1C\C=C/C=C\C=C\[C@H](OC)Cc2nc(cs2)C(=O)O[C@H](C(C)(C)[C@@H](O)/C=C/CCN)C/C=C\[C@H]2C[C@H]2/C=C/C=C\c2nc(cs2)C(=O)O1. The van der Waals surface area contributed by atoms with Crippen molar-refractivity contribution in [2.75, 3.05) is 13.7 Å². The standard InChI is InChI=1S/C45H59N3O7S2/c1-7-18-36(49)44(2,3)38-23-12-10-8-9-11-21-33(53-6)28-41-48-35(30-57-41)43(52)55-39(45(4,5)37(50)22-15-16-26-46)24-17-20-32-27-31(32)19-13-14-25-40-47-34(29-56-40)42(51)54-38/h7-15,17-22,25,29-33,36-39,49-50H,16,23-24,26-28,46H2,1-6H3/b9-8-,12-10-,18-7+,19-13+,20-17-,21-11+,22-15+,25-14-/t31-,32+,33+,36+,37+,38+,39+/m1/s1. The highest BCUT2D eigenvalue weighted by molar-refractivity contribution is 7.10. The summed E-state index contributed by atoms with van der Waals surface area (Å²) in [7, 11) is 1.62. The van der Waals surface area contributed by atoms with Gasteiger partial charge >= 0.3 is 11.9 Å². The molecule has 1 aliphatic carbocycles. The van der Waals surface area contributed by atoms with Gasteiger partial charge in [-0.05, 0) is 44.2 Å². The van der Waals surface area contributed by atoms with E-state index in [0.717, 1.165) is 11.4 Å². The molecule has 0 spiro atoms. The summed E-state index contributed by atoms with van der Waals surface area (Å²) in [6.07, 6.45) is 30.1. The molecule has 308 valence electrons. The molecular weight excluding hydrogens is 759 g/mol. The molecule has 4 bridgehead atoms. The van der Waals surface area contributed by atoms with E-state index in [9.17, 15) is 19.8 Å². The molecule has 2 aromatic heterocycles. The van der Waals surface area contributed by atoms with Crippen LogP contribution in [0.4, 0.5) is 0 Å². The van der Waals surface area contributed by atoms with Gasteiger partial charge in [-0.1, -0.05) is 119 Å². The maximum atomic E-state index is 13.5. The van der Waals surface area contributed by atoms with E-state index >= 15 is 0 Å². The lowest BCUT2D eigenvalue weighted by Gasteiger charge is -2.36. The molecule has 0 unspecified atom stereocenters. The highest BCUT2D eigenvalue weighted by Crippen LogP contribution is 2.41. The van der Waals surface area contributed by atoms with Crippen molar-refractivity contribution >= 4 is 40.7 Å². The zero-order valence-corrected chi connectivity index (χ0v) is 35.5. The molecule has 0 aromatic carbocycles. The van der Waals surface area contributed by atoms with Crippen LogP contribution in [0.3, 0.4) is 0 Å². The second-order valence-electron chi connectivity index (χ2n) is 15.4. The van der Waals surface area contributed by atoms with E-state index < -0.39 is 47.2 Å². The predicted octanol–water partition coefficient (Wildman–Crippen LogP) is 8.39. The molecule has 1 fully saturated rings. The molecule has 12 heteroatoms. The topological polar surface area (TPSA) is 154 Å². The van der Waals surface area contributed by atoms with Crippen molar-refractivity contribution in [3.8, 4) is 0 Å².